The molecule has 0 aliphatic rings. The molecule has 0 nitrogen and oxygen atoms in total. The third kappa shape index (κ3) is 16.6. The second kappa shape index (κ2) is 16.6. The van der Waals surface area contributed by atoms with Gasteiger partial charge in [-0.3, -0.25) is 0 Å². The summed E-state index contributed by atoms with van der Waals surface area (Å²) in [4.78, 5) is 0. The fourth-order valence-corrected chi connectivity index (χ4v) is 2.94. The Balaban J connectivity index is 2.85. The van der Waals surface area contributed by atoms with Gasteiger partial charge in [-0.1, -0.05) is 77.6 Å². The first-order valence-corrected chi connectivity index (χ1v) is 9.24. The predicted molar refractivity (Wildman–Crippen MR) is 84.3 cm³/mol. The van der Waals surface area contributed by atoms with Crippen molar-refractivity contribution in [3.05, 3.63) is 0 Å². The zero-order valence-corrected chi connectivity index (χ0v) is 13.3. The van der Waals surface area contributed by atoms with Crippen LogP contribution in [0.5, 0.6) is 0 Å². The van der Waals surface area contributed by atoms with E-state index in [1.807, 2.05) is 11.8 Å². The zero-order chi connectivity index (χ0) is 12.6. The molecule has 2 heteroatoms. The van der Waals surface area contributed by atoms with Gasteiger partial charge in [0.1, 0.15) is 0 Å². The van der Waals surface area contributed by atoms with E-state index in [-0.39, 0.29) is 0 Å². The monoisotopic (exact) mass is 278 g/mol. The van der Waals surface area contributed by atoms with Crippen LogP contribution in [0.3, 0.4) is 0 Å². The summed E-state index contributed by atoms with van der Waals surface area (Å²) in [6.07, 6.45) is 17.2. The van der Waals surface area contributed by atoms with Gasteiger partial charge >= 0.3 is 0 Å². The molecule has 0 amide bonds. The van der Waals surface area contributed by atoms with Crippen LogP contribution < -0.4 is 0 Å². The highest BCUT2D eigenvalue weighted by Gasteiger charge is 1.93. The predicted octanol–water partition coefficient (Wildman–Crippen LogP) is 6.62. The van der Waals surface area contributed by atoms with Crippen molar-refractivity contribution >= 4 is 23.4 Å². The summed E-state index contributed by atoms with van der Waals surface area (Å²) in [5.74, 6) is 1.25. The topological polar surface area (TPSA) is 0 Å². The summed E-state index contributed by atoms with van der Waals surface area (Å²) in [6.45, 7) is 2.28. The molecular weight excluding hydrogens is 248 g/mol. The molecular formula is C15H31ClS. The van der Waals surface area contributed by atoms with E-state index in [0.29, 0.717) is 0 Å². The summed E-state index contributed by atoms with van der Waals surface area (Å²) < 4.78 is 0. The number of unbranched alkanes of at least 4 members (excludes halogenated alkanes) is 11. The first-order chi connectivity index (χ1) is 8.41. The minimum atomic E-state index is 0.762. The van der Waals surface area contributed by atoms with Gasteiger partial charge < -0.3 is 0 Å². The lowest BCUT2D eigenvalue weighted by Gasteiger charge is -2.02. The van der Waals surface area contributed by atoms with Crippen molar-refractivity contribution < 1.29 is 0 Å². The van der Waals surface area contributed by atoms with Crippen molar-refractivity contribution in [1.29, 1.82) is 0 Å². The standard InChI is InChI=1S/C15H31ClS/c1-2-3-4-5-6-7-8-9-10-11-12-13-14-17-15-16/h2-15H2,1H3. The summed E-state index contributed by atoms with van der Waals surface area (Å²) in [5.41, 5.74) is 0. The lowest BCUT2D eigenvalue weighted by Crippen LogP contribution is -1.84. The van der Waals surface area contributed by atoms with E-state index >= 15 is 0 Å². The molecule has 0 atom stereocenters. The highest BCUT2D eigenvalue weighted by Crippen LogP contribution is 2.13. The minimum Gasteiger partial charge on any atom is -0.146 e. The van der Waals surface area contributed by atoms with Gasteiger partial charge in [0.2, 0.25) is 0 Å². The van der Waals surface area contributed by atoms with Gasteiger partial charge in [0.05, 0.1) is 5.21 Å². The number of alkyl halides is 1. The van der Waals surface area contributed by atoms with E-state index in [1.165, 1.54) is 82.8 Å². The Kier molecular flexibility index (Phi) is 17.3. The second-order valence-electron chi connectivity index (χ2n) is 4.91. The van der Waals surface area contributed by atoms with Gasteiger partial charge in [-0.2, -0.15) is 0 Å². The molecule has 17 heavy (non-hydrogen) atoms. The van der Waals surface area contributed by atoms with E-state index < -0.39 is 0 Å². The number of hydrogen-bond acceptors (Lipinski definition) is 1. The Morgan fingerprint density at radius 3 is 1.47 bits per heavy atom. The minimum absolute atomic E-state index is 0.762. The Bertz CT molecular complexity index is 114. The normalized spacial score (nSPS) is 10.9. The molecule has 0 N–H and O–H groups in total. The summed E-state index contributed by atoms with van der Waals surface area (Å²) in [6, 6.07) is 0. The van der Waals surface area contributed by atoms with E-state index in [0.717, 1.165) is 5.21 Å². The van der Waals surface area contributed by atoms with Crippen LogP contribution in [0.1, 0.15) is 84.0 Å². The molecule has 0 heterocycles. The molecule has 0 bridgehead atoms. The van der Waals surface area contributed by atoms with Crippen LogP contribution >= 0.6 is 23.4 Å². The molecule has 0 radical (unpaired) electrons. The maximum absolute atomic E-state index is 5.61. The van der Waals surface area contributed by atoms with Gasteiger partial charge in [-0.15, -0.1) is 23.4 Å². The summed E-state index contributed by atoms with van der Waals surface area (Å²) in [5, 5.41) is 0.762. The van der Waals surface area contributed by atoms with Crippen LogP contribution in [0.25, 0.3) is 0 Å². The molecule has 0 saturated heterocycles. The fraction of sp³-hybridized carbons (Fsp3) is 1.00. The SMILES string of the molecule is CCCCCCCCCCCCCCSCCl. The zero-order valence-electron chi connectivity index (χ0n) is 11.7. The molecule has 0 aromatic heterocycles. The van der Waals surface area contributed by atoms with Crippen LogP contribution in [-0.2, 0) is 0 Å². The largest absolute Gasteiger partial charge is 0.146 e. The average Bonchev–Trinajstić information content (AvgIpc) is 2.35. The molecule has 0 aromatic rings. The van der Waals surface area contributed by atoms with Crippen molar-refractivity contribution in [2.24, 2.45) is 0 Å². The Morgan fingerprint density at radius 2 is 1.06 bits per heavy atom. The smallest absolute Gasteiger partial charge is 0.0680 e. The summed E-state index contributed by atoms with van der Waals surface area (Å²) in [7, 11) is 0. The summed E-state index contributed by atoms with van der Waals surface area (Å²) >= 11 is 7.46. The maximum atomic E-state index is 5.61. The van der Waals surface area contributed by atoms with E-state index in [1.54, 1.807) is 0 Å². The van der Waals surface area contributed by atoms with Gasteiger partial charge in [0.15, 0.2) is 0 Å². The molecule has 0 saturated carbocycles. The number of thioether (sulfide) groups is 1. The second-order valence-corrected chi connectivity index (χ2v) is 6.60. The number of hydrogen-bond donors (Lipinski definition) is 0. The molecule has 0 aromatic carbocycles. The van der Waals surface area contributed by atoms with Crippen molar-refractivity contribution in [2.45, 2.75) is 84.0 Å². The van der Waals surface area contributed by atoms with Crippen LogP contribution in [-0.4, -0.2) is 11.0 Å². The highest BCUT2D eigenvalue weighted by molar-refractivity contribution is 8.00. The van der Waals surface area contributed by atoms with Crippen LogP contribution in [0.4, 0.5) is 0 Å². The van der Waals surface area contributed by atoms with Crippen LogP contribution in [0.2, 0.25) is 0 Å². The Morgan fingerprint density at radius 1 is 0.647 bits per heavy atom. The van der Waals surface area contributed by atoms with Crippen molar-refractivity contribution in [3.63, 3.8) is 0 Å². The lowest BCUT2D eigenvalue weighted by atomic mass is 10.1. The van der Waals surface area contributed by atoms with E-state index in [2.05, 4.69) is 6.92 Å². The first-order valence-electron chi connectivity index (χ1n) is 7.55. The first kappa shape index (κ1) is 17.6. The molecule has 0 spiro atoms. The maximum Gasteiger partial charge on any atom is 0.0680 e. The van der Waals surface area contributed by atoms with Gasteiger partial charge in [0, 0.05) is 0 Å². The fourth-order valence-electron chi connectivity index (χ4n) is 2.10. The Labute approximate surface area is 118 Å². The number of rotatable bonds is 14. The number of halogens is 1. The molecule has 0 rings (SSSR count). The van der Waals surface area contributed by atoms with Crippen LogP contribution in [0.15, 0.2) is 0 Å². The van der Waals surface area contributed by atoms with Gasteiger partial charge in [0.25, 0.3) is 0 Å². The van der Waals surface area contributed by atoms with E-state index in [4.69, 9.17) is 11.6 Å². The third-order valence-corrected chi connectivity index (χ3v) is 4.41. The van der Waals surface area contributed by atoms with Crippen molar-refractivity contribution in [3.8, 4) is 0 Å². The Hall–Kier alpha value is 0.640. The van der Waals surface area contributed by atoms with Crippen molar-refractivity contribution in [1.82, 2.24) is 0 Å². The lowest BCUT2D eigenvalue weighted by molar-refractivity contribution is 0.548. The molecule has 0 aliphatic carbocycles. The quantitative estimate of drug-likeness (QED) is 0.254. The molecule has 0 unspecified atom stereocenters. The van der Waals surface area contributed by atoms with Gasteiger partial charge in [-0.05, 0) is 12.2 Å². The molecule has 0 fully saturated rings. The highest BCUT2D eigenvalue weighted by atomic mass is 35.5. The van der Waals surface area contributed by atoms with E-state index in [9.17, 15) is 0 Å². The average molecular weight is 279 g/mol. The molecule has 0 aliphatic heterocycles. The van der Waals surface area contributed by atoms with Crippen LogP contribution in [0, 0.1) is 0 Å². The third-order valence-electron chi connectivity index (χ3n) is 3.22. The van der Waals surface area contributed by atoms with Crippen molar-refractivity contribution in [2.75, 3.05) is 11.0 Å². The van der Waals surface area contributed by atoms with Gasteiger partial charge in [-0.25, -0.2) is 0 Å². The molecule has 104 valence electrons.